The number of benzene rings is 1. The summed E-state index contributed by atoms with van der Waals surface area (Å²) in [5, 5.41) is 4.87. The number of hydroxylamine groups is 2. The minimum atomic E-state index is 0.00949. The minimum absolute atomic E-state index is 0.00949. The number of anilines is 1. The predicted molar refractivity (Wildman–Crippen MR) is 69.5 cm³/mol. The van der Waals surface area contributed by atoms with Crippen molar-refractivity contribution in [2.45, 2.75) is 25.7 Å². The van der Waals surface area contributed by atoms with E-state index in [0.717, 1.165) is 49.0 Å². The van der Waals surface area contributed by atoms with Crippen molar-refractivity contribution in [3.63, 3.8) is 0 Å². The Kier molecular flexibility index (Phi) is 3.19. The molecule has 1 aromatic carbocycles. The van der Waals surface area contributed by atoms with Crippen LogP contribution in [0.5, 0.6) is 0 Å². The van der Waals surface area contributed by atoms with Crippen molar-refractivity contribution in [2.24, 2.45) is 0 Å². The largest absolute Gasteiger partial charge is 0.385 e. The Hall–Kier alpha value is -1.55. The summed E-state index contributed by atoms with van der Waals surface area (Å²) < 4.78 is 0. The number of nitrogens with zero attached hydrogens (tertiary/aromatic N) is 1. The van der Waals surface area contributed by atoms with Gasteiger partial charge < -0.3 is 5.32 Å². The summed E-state index contributed by atoms with van der Waals surface area (Å²) in [6.45, 7) is 2.35. The normalized spacial score (nSPS) is 19.0. The van der Waals surface area contributed by atoms with Gasteiger partial charge in [0.05, 0.1) is 6.61 Å². The van der Waals surface area contributed by atoms with Crippen LogP contribution in [-0.4, -0.2) is 30.7 Å². The maximum atomic E-state index is 12.4. The quantitative estimate of drug-likeness (QED) is 0.826. The van der Waals surface area contributed by atoms with E-state index in [4.69, 9.17) is 4.84 Å². The first kappa shape index (κ1) is 11.5. The highest BCUT2D eigenvalue weighted by atomic mass is 16.7. The van der Waals surface area contributed by atoms with Gasteiger partial charge in [-0.15, -0.1) is 0 Å². The minimum Gasteiger partial charge on any atom is -0.385 e. The first-order chi connectivity index (χ1) is 8.86. The Balaban J connectivity index is 1.89. The molecule has 0 unspecified atom stereocenters. The van der Waals surface area contributed by atoms with Crippen LogP contribution in [0.15, 0.2) is 18.2 Å². The van der Waals surface area contributed by atoms with Crippen LogP contribution >= 0.6 is 0 Å². The van der Waals surface area contributed by atoms with Crippen molar-refractivity contribution >= 4 is 11.6 Å². The molecule has 1 N–H and O–H groups in total. The summed E-state index contributed by atoms with van der Waals surface area (Å²) >= 11 is 0. The molecule has 1 saturated heterocycles. The second-order valence-corrected chi connectivity index (χ2v) is 4.81. The molecule has 18 heavy (non-hydrogen) atoms. The van der Waals surface area contributed by atoms with Crippen molar-refractivity contribution in [3.05, 3.63) is 29.3 Å². The second-order valence-electron chi connectivity index (χ2n) is 4.81. The third-order valence-electron chi connectivity index (χ3n) is 3.55. The molecule has 4 heteroatoms. The summed E-state index contributed by atoms with van der Waals surface area (Å²) in [5.41, 5.74) is 3.04. The van der Waals surface area contributed by atoms with E-state index < -0.39 is 0 Å². The van der Waals surface area contributed by atoms with Gasteiger partial charge in [-0.2, -0.15) is 0 Å². The molecule has 2 heterocycles. The predicted octanol–water partition coefficient (Wildman–Crippen LogP) is 2.21. The molecule has 1 amide bonds. The zero-order valence-electron chi connectivity index (χ0n) is 10.4. The average molecular weight is 246 g/mol. The van der Waals surface area contributed by atoms with Gasteiger partial charge in [0, 0.05) is 24.3 Å². The van der Waals surface area contributed by atoms with Gasteiger partial charge in [0.2, 0.25) is 0 Å². The molecule has 0 atom stereocenters. The van der Waals surface area contributed by atoms with Crippen LogP contribution in [0, 0.1) is 0 Å². The molecule has 96 valence electrons. The van der Waals surface area contributed by atoms with Crippen molar-refractivity contribution in [2.75, 3.05) is 25.0 Å². The van der Waals surface area contributed by atoms with Crippen LogP contribution in [0.1, 0.15) is 35.2 Å². The topological polar surface area (TPSA) is 41.6 Å². The summed E-state index contributed by atoms with van der Waals surface area (Å²) in [7, 11) is 0. The molecule has 4 nitrogen and oxygen atoms in total. The number of fused-ring (bicyclic) bond motifs is 1. The summed E-state index contributed by atoms with van der Waals surface area (Å²) in [6.07, 6.45) is 4.12. The van der Waals surface area contributed by atoms with E-state index in [-0.39, 0.29) is 5.91 Å². The van der Waals surface area contributed by atoms with Gasteiger partial charge in [0.15, 0.2) is 0 Å². The zero-order valence-corrected chi connectivity index (χ0v) is 10.4. The van der Waals surface area contributed by atoms with Gasteiger partial charge in [-0.25, -0.2) is 5.06 Å². The highest BCUT2D eigenvalue weighted by Crippen LogP contribution is 2.26. The number of nitrogens with one attached hydrogen (secondary N) is 1. The molecule has 1 fully saturated rings. The van der Waals surface area contributed by atoms with Crippen LogP contribution < -0.4 is 5.32 Å². The molecule has 0 radical (unpaired) electrons. The number of amides is 1. The van der Waals surface area contributed by atoms with Crippen molar-refractivity contribution in [3.8, 4) is 0 Å². The Labute approximate surface area is 107 Å². The Morgan fingerprint density at radius 1 is 1.28 bits per heavy atom. The summed E-state index contributed by atoms with van der Waals surface area (Å²) in [4.78, 5) is 17.9. The van der Waals surface area contributed by atoms with Gasteiger partial charge in [0.25, 0.3) is 5.91 Å². The third kappa shape index (κ3) is 2.08. The highest BCUT2D eigenvalue weighted by molar-refractivity contribution is 5.96. The van der Waals surface area contributed by atoms with Gasteiger partial charge in [-0.1, -0.05) is 6.07 Å². The molecule has 3 rings (SSSR count). The molecule has 0 bridgehead atoms. The molecular weight excluding hydrogens is 228 g/mol. The lowest BCUT2D eigenvalue weighted by Crippen LogP contribution is -2.36. The maximum absolute atomic E-state index is 12.4. The SMILES string of the molecule is O=C(c1cccc2c1CCCN2)N1CCCCO1. The second kappa shape index (κ2) is 4.98. The fourth-order valence-corrected chi connectivity index (χ4v) is 2.60. The van der Waals surface area contributed by atoms with Crippen LogP contribution in [0.4, 0.5) is 5.69 Å². The fourth-order valence-electron chi connectivity index (χ4n) is 2.60. The monoisotopic (exact) mass is 246 g/mol. The first-order valence-corrected chi connectivity index (χ1v) is 6.67. The Morgan fingerprint density at radius 2 is 2.22 bits per heavy atom. The number of hydrogen-bond donors (Lipinski definition) is 1. The van der Waals surface area contributed by atoms with Crippen LogP contribution in [0.3, 0.4) is 0 Å². The van der Waals surface area contributed by atoms with Crippen molar-refractivity contribution < 1.29 is 9.63 Å². The lowest BCUT2D eigenvalue weighted by atomic mass is 9.97. The number of rotatable bonds is 1. The van der Waals surface area contributed by atoms with Gasteiger partial charge in [0.1, 0.15) is 0 Å². The molecule has 2 aliphatic heterocycles. The number of carbonyl (C=O) groups excluding carboxylic acids is 1. The summed E-state index contributed by atoms with van der Waals surface area (Å²) in [5.74, 6) is 0.00949. The van der Waals surface area contributed by atoms with E-state index in [0.29, 0.717) is 13.2 Å². The first-order valence-electron chi connectivity index (χ1n) is 6.67. The van der Waals surface area contributed by atoms with Crippen molar-refractivity contribution in [1.82, 2.24) is 5.06 Å². The van der Waals surface area contributed by atoms with E-state index in [1.54, 1.807) is 0 Å². The molecular formula is C14H18N2O2. The lowest BCUT2D eigenvalue weighted by molar-refractivity contribution is -0.144. The van der Waals surface area contributed by atoms with E-state index in [1.165, 1.54) is 5.06 Å². The third-order valence-corrected chi connectivity index (χ3v) is 3.55. The van der Waals surface area contributed by atoms with Crippen LogP contribution in [0.25, 0.3) is 0 Å². The van der Waals surface area contributed by atoms with E-state index in [1.807, 2.05) is 18.2 Å². The number of carbonyl (C=O) groups is 1. The average Bonchev–Trinajstić information content (AvgIpc) is 2.47. The van der Waals surface area contributed by atoms with Gasteiger partial charge in [-0.3, -0.25) is 9.63 Å². The smallest absolute Gasteiger partial charge is 0.277 e. The highest BCUT2D eigenvalue weighted by Gasteiger charge is 2.23. The zero-order chi connectivity index (χ0) is 12.4. The van der Waals surface area contributed by atoms with Gasteiger partial charge >= 0.3 is 0 Å². The molecule has 0 saturated carbocycles. The fraction of sp³-hybridized carbons (Fsp3) is 0.500. The Morgan fingerprint density at radius 3 is 3.06 bits per heavy atom. The van der Waals surface area contributed by atoms with E-state index >= 15 is 0 Å². The van der Waals surface area contributed by atoms with Crippen molar-refractivity contribution in [1.29, 1.82) is 0 Å². The van der Waals surface area contributed by atoms with Crippen LogP contribution in [0.2, 0.25) is 0 Å². The molecule has 0 aliphatic carbocycles. The lowest BCUT2D eigenvalue weighted by Gasteiger charge is -2.28. The summed E-state index contributed by atoms with van der Waals surface area (Å²) in [6, 6.07) is 5.89. The van der Waals surface area contributed by atoms with E-state index in [2.05, 4.69) is 5.32 Å². The Bertz CT molecular complexity index is 453. The molecule has 2 aliphatic rings. The standard InChI is InChI=1S/C14H18N2O2/c17-14(16-9-1-2-10-18-16)12-5-3-7-13-11(12)6-4-8-15-13/h3,5,7,15H,1-2,4,6,8-10H2. The van der Waals surface area contributed by atoms with Crippen LogP contribution in [-0.2, 0) is 11.3 Å². The molecule has 0 spiro atoms. The maximum Gasteiger partial charge on any atom is 0.277 e. The molecule has 1 aromatic rings. The van der Waals surface area contributed by atoms with E-state index in [9.17, 15) is 4.79 Å². The molecule has 0 aromatic heterocycles. The number of hydrogen-bond acceptors (Lipinski definition) is 3. The van der Waals surface area contributed by atoms with Gasteiger partial charge in [-0.05, 0) is 43.4 Å².